The standard InChI is InChI=1S/C20H21N3O2S/c1-4-11-23-14(2)20(16-7-5-15(13-21)6-8-16)18-10-9-17(12-19(18)23)22-26(3,24)25/h5-10,12,22H,4,11H2,1-3H3. The Morgan fingerprint density at radius 3 is 2.42 bits per heavy atom. The van der Waals surface area contributed by atoms with Gasteiger partial charge in [0.15, 0.2) is 0 Å². The molecule has 0 saturated carbocycles. The second kappa shape index (κ2) is 6.85. The van der Waals surface area contributed by atoms with Crippen LogP contribution in [-0.4, -0.2) is 19.2 Å². The van der Waals surface area contributed by atoms with E-state index in [0.717, 1.165) is 46.9 Å². The lowest BCUT2D eigenvalue weighted by Gasteiger charge is -2.08. The van der Waals surface area contributed by atoms with Crippen molar-refractivity contribution in [2.75, 3.05) is 11.0 Å². The van der Waals surface area contributed by atoms with Crippen LogP contribution in [0.5, 0.6) is 0 Å². The second-order valence-corrected chi connectivity index (χ2v) is 8.16. The summed E-state index contributed by atoms with van der Waals surface area (Å²) in [6.07, 6.45) is 2.12. The normalized spacial score (nSPS) is 11.5. The first kappa shape index (κ1) is 18.0. The molecule has 0 fully saturated rings. The fraction of sp³-hybridized carbons (Fsp3) is 0.250. The molecule has 5 nitrogen and oxygen atoms in total. The van der Waals surface area contributed by atoms with Crippen LogP contribution < -0.4 is 4.72 Å². The van der Waals surface area contributed by atoms with E-state index in [1.165, 1.54) is 0 Å². The molecule has 1 heterocycles. The molecule has 134 valence electrons. The van der Waals surface area contributed by atoms with Gasteiger partial charge in [0.05, 0.1) is 29.1 Å². The van der Waals surface area contributed by atoms with Gasteiger partial charge < -0.3 is 4.57 Å². The average molecular weight is 367 g/mol. The highest BCUT2D eigenvalue weighted by atomic mass is 32.2. The summed E-state index contributed by atoms with van der Waals surface area (Å²) in [5.41, 5.74) is 5.47. The summed E-state index contributed by atoms with van der Waals surface area (Å²) in [4.78, 5) is 0. The number of hydrogen-bond donors (Lipinski definition) is 1. The summed E-state index contributed by atoms with van der Waals surface area (Å²) in [5, 5.41) is 10.1. The van der Waals surface area contributed by atoms with Crippen LogP contribution in [0.15, 0.2) is 42.5 Å². The minimum Gasteiger partial charge on any atom is -0.344 e. The Morgan fingerprint density at radius 2 is 1.85 bits per heavy atom. The van der Waals surface area contributed by atoms with Crippen LogP contribution in [0.1, 0.15) is 24.6 Å². The minimum atomic E-state index is -3.32. The lowest BCUT2D eigenvalue weighted by Crippen LogP contribution is -2.09. The molecule has 1 aromatic heterocycles. The van der Waals surface area contributed by atoms with E-state index in [4.69, 9.17) is 5.26 Å². The van der Waals surface area contributed by atoms with Crippen LogP contribution in [-0.2, 0) is 16.6 Å². The summed E-state index contributed by atoms with van der Waals surface area (Å²) in [5.74, 6) is 0. The number of fused-ring (bicyclic) bond motifs is 1. The Bertz CT molecular complexity index is 1100. The lowest BCUT2D eigenvalue weighted by atomic mass is 10.0. The van der Waals surface area contributed by atoms with E-state index in [9.17, 15) is 8.42 Å². The molecule has 1 N–H and O–H groups in total. The molecule has 6 heteroatoms. The molecular formula is C20H21N3O2S. The smallest absolute Gasteiger partial charge is 0.229 e. The van der Waals surface area contributed by atoms with Crippen molar-refractivity contribution in [1.82, 2.24) is 4.57 Å². The lowest BCUT2D eigenvalue weighted by molar-refractivity contribution is 0.607. The highest BCUT2D eigenvalue weighted by molar-refractivity contribution is 7.92. The van der Waals surface area contributed by atoms with Crippen molar-refractivity contribution < 1.29 is 8.42 Å². The largest absolute Gasteiger partial charge is 0.344 e. The molecule has 0 amide bonds. The minimum absolute atomic E-state index is 0.557. The summed E-state index contributed by atoms with van der Waals surface area (Å²) < 4.78 is 27.9. The molecular weight excluding hydrogens is 346 g/mol. The number of nitrogens with zero attached hydrogens (tertiary/aromatic N) is 2. The molecule has 0 aliphatic rings. The number of rotatable bonds is 5. The maximum absolute atomic E-state index is 11.6. The molecule has 2 aromatic carbocycles. The van der Waals surface area contributed by atoms with Crippen molar-refractivity contribution >= 4 is 26.6 Å². The molecule has 26 heavy (non-hydrogen) atoms. The molecule has 0 aliphatic carbocycles. The van der Waals surface area contributed by atoms with Crippen LogP contribution in [0.25, 0.3) is 22.0 Å². The van der Waals surface area contributed by atoms with E-state index < -0.39 is 10.0 Å². The van der Waals surface area contributed by atoms with Crippen molar-refractivity contribution in [3.63, 3.8) is 0 Å². The first-order valence-electron chi connectivity index (χ1n) is 8.45. The van der Waals surface area contributed by atoms with Gasteiger partial charge in [0.25, 0.3) is 0 Å². The van der Waals surface area contributed by atoms with Crippen molar-refractivity contribution in [3.8, 4) is 17.2 Å². The third-order valence-corrected chi connectivity index (χ3v) is 4.98. The number of aryl methyl sites for hydroxylation is 1. The van der Waals surface area contributed by atoms with Crippen LogP contribution in [0.3, 0.4) is 0 Å². The zero-order valence-electron chi connectivity index (χ0n) is 15.1. The second-order valence-electron chi connectivity index (χ2n) is 6.41. The average Bonchev–Trinajstić information content (AvgIpc) is 2.86. The number of nitriles is 1. The van der Waals surface area contributed by atoms with Gasteiger partial charge in [-0.25, -0.2) is 8.42 Å². The number of benzene rings is 2. The third kappa shape index (κ3) is 3.44. The summed E-state index contributed by atoms with van der Waals surface area (Å²) in [7, 11) is -3.32. The number of sulfonamides is 1. The maximum Gasteiger partial charge on any atom is 0.229 e. The van der Waals surface area contributed by atoms with Gasteiger partial charge in [-0.2, -0.15) is 5.26 Å². The fourth-order valence-electron chi connectivity index (χ4n) is 3.34. The Morgan fingerprint density at radius 1 is 1.15 bits per heavy atom. The Labute approximate surface area is 153 Å². The number of nitrogens with one attached hydrogen (secondary N) is 1. The van der Waals surface area contributed by atoms with Gasteiger partial charge in [-0.1, -0.05) is 25.1 Å². The Kier molecular flexibility index (Phi) is 4.75. The van der Waals surface area contributed by atoms with Gasteiger partial charge in [-0.05, 0) is 43.2 Å². The third-order valence-electron chi connectivity index (χ3n) is 4.38. The quantitative estimate of drug-likeness (QED) is 0.732. The van der Waals surface area contributed by atoms with Crippen molar-refractivity contribution in [3.05, 3.63) is 53.7 Å². The molecule has 3 rings (SSSR count). The fourth-order valence-corrected chi connectivity index (χ4v) is 3.90. The van der Waals surface area contributed by atoms with Crippen molar-refractivity contribution in [2.45, 2.75) is 26.8 Å². The molecule has 0 saturated heterocycles. The predicted octanol–water partition coefficient (Wildman–Crippen LogP) is 4.27. The van der Waals surface area contributed by atoms with E-state index in [0.29, 0.717) is 11.3 Å². The van der Waals surface area contributed by atoms with Crippen molar-refractivity contribution in [1.29, 1.82) is 5.26 Å². The first-order chi connectivity index (χ1) is 12.3. The first-order valence-corrected chi connectivity index (χ1v) is 10.3. The number of hydrogen-bond acceptors (Lipinski definition) is 3. The molecule has 0 spiro atoms. The summed E-state index contributed by atoms with van der Waals surface area (Å²) in [6, 6.07) is 15.3. The van der Waals surface area contributed by atoms with E-state index in [1.54, 1.807) is 6.07 Å². The number of aromatic nitrogens is 1. The SMILES string of the molecule is CCCn1c(C)c(-c2ccc(C#N)cc2)c2ccc(NS(C)(=O)=O)cc21. The van der Waals surface area contributed by atoms with E-state index in [1.807, 2.05) is 36.4 Å². The van der Waals surface area contributed by atoms with Gasteiger partial charge in [-0.3, -0.25) is 4.72 Å². The van der Waals surface area contributed by atoms with E-state index in [-0.39, 0.29) is 0 Å². The van der Waals surface area contributed by atoms with E-state index in [2.05, 4.69) is 29.2 Å². The Balaban J connectivity index is 2.23. The summed E-state index contributed by atoms with van der Waals surface area (Å²) in [6.45, 7) is 5.04. The highest BCUT2D eigenvalue weighted by Gasteiger charge is 2.16. The zero-order valence-corrected chi connectivity index (χ0v) is 15.9. The van der Waals surface area contributed by atoms with Gasteiger partial charge >= 0.3 is 0 Å². The van der Waals surface area contributed by atoms with Crippen LogP contribution in [0.2, 0.25) is 0 Å². The van der Waals surface area contributed by atoms with Gasteiger partial charge in [0, 0.05) is 23.2 Å². The highest BCUT2D eigenvalue weighted by Crippen LogP contribution is 2.36. The van der Waals surface area contributed by atoms with Crippen LogP contribution in [0, 0.1) is 18.3 Å². The van der Waals surface area contributed by atoms with Gasteiger partial charge in [0.2, 0.25) is 10.0 Å². The predicted molar refractivity (Wildman–Crippen MR) is 106 cm³/mol. The molecule has 0 radical (unpaired) electrons. The Hall–Kier alpha value is -2.78. The van der Waals surface area contributed by atoms with Gasteiger partial charge in [0.1, 0.15) is 0 Å². The summed E-state index contributed by atoms with van der Waals surface area (Å²) >= 11 is 0. The maximum atomic E-state index is 11.6. The molecule has 0 bridgehead atoms. The van der Waals surface area contributed by atoms with Gasteiger partial charge in [-0.15, -0.1) is 0 Å². The van der Waals surface area contributed by atoms with E-state index >= 15 is 0 Å². The monoisotopic (exact) mass is 367 g/mol. The number of anilines is 1. The van der Waals surface area contributed by atoms with Crippen LogP contribution >= 0.6 is 0 Å². The molecule has 0 aliphatic heterocycles. The molecule has 0 atom stereocenters. The zero-order chi connectivity index (χ0) is 18.9. The van der Waals surface area contributed by atoms with Crippen LogP contribution in [0.4, 0.5) is 5.69 Å². The van der Waals surface area contributed by atoms with Crippen molar-refractivity contribution in [2.24, 2.45) is 0 Å². The molecule has 0 unspecified atom stereocenters. The topological polar surface area (TPSA) is 74.9 Å². The molecule has 3 aromatic rings.